The molecule has 3 N–H and O–H groups in total. The SMILES string of the molecule is Cc1ccc(-c2nc(C(=O)NC[C@H](O)c3ccccc3)cc3c2[nH]c2ccccc23)cc1. The van der Waals surface area contributed by atoms with Gasteiger partial charge in [-0.1, -0.05) is 78.4 Å². The molecule has 0 bridgehead atoms. The van der Waals surface area contributed by atoms with E-state index in [2.05, 4.69) is 10.3 Å². The highest BCUT2D eigenvalue weighted by Crippen LogP contribution is 2.32. The first kappa shape index (κ1) is 20.0. The number of para-hydroxylation sites is 1. The lowest BCUT2D eigenvalue weighted by Crippen LogP contribution is -2.29. The summed E-state index contributed by atoms with van der Waals surface area (Å²) in [7, 11) is 0. The van der Waals surface area contributed by atoms with Gasteiger partial charge in [0.2, 0.25) is 0 Å². The topological polar surface area (TPSA) is 78.0 Å². The Hall–Kier alpha value is -3.96. The molecule has 5 heteroatoms. The summed E-state index contributed by atoms with van der Waals surface area (Å²) in [4.78, 5) is 21.2. The van der Waals surface area contributed by atoms with Crippen molar-refractivity contribution in [2.24, 2.45) is 0 Å². The molecule has 32 heavy (non-hydrogen) atoms. The third kappa shape index (κ3) is 3.74. The molecule has 0 aliphatic carbocycles. The summed E-state index contributed by atoms with van der Waals surface area (Å²) in [6, 6.07) is 27.2. The highest BCUT2D eigenvalue weighted by atomic mass is 16.3. The van der Waals surface area contributed by atoms with Gasteiger partial charge in [0.1, 0.15) is 5.69 Å². The molecule has 5 aromatic rings. The van der Waals surface area contributed by atoms with Crippen LogP contribution in [0, 0.1) is 6.92 Å². The Bertz CT molecular complexity index is 1410. The van der Waals surface area contributed by atoms with E-state index < -0.39 is 6.10 Å². The minimum absolute atomic E-state index is 0.107. The number of H-pyrrole nitrogens is 1. The number of carbonyl (C=O) groups is 1. The standard InChI is InChI=1S/C27H23N3O2/c1-17-11-13-19(14-12-17)25-26-21(20-9-5-6-10-22(20)29-26)15-23(30-25)27(32)28-16-24(31)18-7-3-2-4-8-18/h2-15,24,29,31H,16H2,1H3,(H,28,32)/t24-/m0/s1. The number of nitrogens with one attached hydrogen (secondary N) is 2. The van der Waals surface area contributed by atoms with Crippen LogP contribution in [0.3, 0.4) is 0 Å². The molecular formula is C27H23N3O2. The maximum absolute atomic E-state index is 13.0. The first-order valence-corrected chi connectivity index (χ1v) is 10.6. The Labute approximate surface area is 185 Å². The van der Waals surface area contributed by atoms with Gasteiger partial charge in [-0.15, -0.1) is 0 Å². The van der Waals surface area contributed by atoms with E-state index in [1.807, 2.05) is 91.9 Å². The summed E-state index contributed by atoms with van der Waals surface area (Å²) in [6.45, 7) is 2.15. The second-order valence-electron chi connectivity index (χ2n) is 7.95. The molecule has 5 rings (SSSR count). The largest absolute Gasteiger partial charge is 0.387 e. The maximum Gasteiger partial charge on any atom is 0.270 e. The van der Waals surface area contributed by atoms with Crippen molar-refractivity contribution < 1.29 is 9.90 Å². The van der Waals surface area contributed by atoms with Crippen molar-refractivity contribution in [3.63, 3.8) is 0 Å². The van der Waals surface area contributed by atoms with Gasteiger partial charge in [-0.25, -0.2) is 4.98 Å². The van der Waals surface area contributed by atoms with Crippen molar-refractivity contribution in [2.75, 3.05) is 6.54 Å². The molecule has 0 radical (unpaired) electrons. The van der Waals surface area contributed by atoms with Crippen LogP contribution in [0.2, 0.25) is 0 Å². The van der Waals surface area contributed by atoms with Gasteiger partial charge in [-0.3, -0.25) is 4.79 Å². The normalized spacial score (nSPS) is 12.2. The van der Waals surface area contributed by atoms with E-state index in [0.29, 0.717) is 5.69 Å². The van der Waals surface area contributed by atoms with Crippen molar-refractivity contribution in [1.29, 1.82) is 0 Å². The molecule has 0 aliphatic rings. The van der Waals surface area contributed by atoms with E-state index in [-0.39, 0.29) is 12.5 Å². The second kappa shape index (κ2) is 8.29. The number of aryl methyl sites for hydroxylation is 1. The van der Waals surface area contributed by atoms with Gasteiger partial charge in [0.25, 0.3) is 5.91 Å². The molecule has 0 spiro atoms. The number of hydrogen-bond donors (Lipinski definition) is 3. The number of aromatic amines is 1. The van der Waals surface area contributed by atoms with Crippen molar-refractivity contribution in [3.05, 3.63) is 102 Å². The Kier molecular flexibility index (Phi) is 5.17. The minimum Gasteiger partial charge on any atom is -0.387 e. The van der Waals surface area contributed by atoms with Crippen LogP contribution in [0.1, 0.15) is 27.7 Å². The fourth-order valence-electron chi connectivity index (χ4n) is 3.96. The fraction of sp³-hybridized carbons (Fsp3) is 0.111. The number of benzene rings is 3. The van der Waals surface area contributed by atoms with Gasteiger partial charge >= 0.3 is 0 Å². The van der Waals surface area contributed by atoms with E-state index >= 15 is 0 Å². The zero-order chi connectivity index (χ0) is 22.1. The Morgan fingerprint density at radius 1 is 0.969 bits per heavy atom. The van der Waals surface area contributed by atoms with E-state index in [4.69, 9.17) is 4.98 Å². The average molecular weight is 422 g/mol. The molecule has 0 aliphatic heterocycles. The molecule has 158 valence electrons. The summed E-state index contributed by atoms with van der Waals surface area (Å²) in [6.07, 6.45) is -0.784. The Morgan fingerprint density at radius 2 is 1.69 bits per heavy atom. The highest BCUT2D eigenvalue weighted by Gasteiger charge is 2.18. The van der Waals surface area contributed by atoms with E-state index in [9.17, 15) is 9.90 Å². The molecule has 2 heterocycles. The minimum atomic E-state index is -0.784. The molecule has 0 unspecified atom stereocenters. The summed E-state index contributed by atoms with van der Waals surface area (Å²) in [5, 5.41) is 15.2. The summed E-state index contributed by atoms with van der Waals surface area (Å²) < 4.78 is 0. The van der Waals surface area contributed by atoms with E-state index in [1.165, 1.54) is 0 Å². The number of aliphatic hydroxyl groups excluding tert-OH is 1. The first-order valence-electron chi connectivity index (χ1n) is 10.6. The molecule has 0 fully saturated rings. The molecular weight excluding hydrogens is 398 g/mol. The van der Waals surface area contributed by atoms with Gasteiger partial charge in [-0.05, 0) is 24.6 Å². The van der Waals surface area contributed by atoms with Crippen molar-refractivity contribution in [2.45, 2.75) is 13.0 Å². The van der Waals surface area contributed by atoms with Crippen LogP contribution >= 0.6 is 0 Å². The smallest absolute Gasteiger partial charge is 0.270 e. The summed E-state index contributed by atoms with van der Waals surface area (Å²) >= 11 is 0. The van der Waals surface area contributed by atoms with Gasteiger partial charge in [0.05, 0.1) is 17.3 Å². The molecule has 5 nitrogen and oxygen atoms in total. The Balaban J connectivity index is 1.54. The van der Waals surface area contributed by atoms with Gasteiger partial charge in [0, 0.05) is 28.4 Å². The monoisotopic (exact) mass is 421 g/mol. The number of amides is 1. The molecule has 1 amide bonds. The van der Waals surface area contributed by atoms with E-state index in [0.717, 1.165) is 44.2 Å². The number of aromatic nitrogens is 2. The molecule has 3 aromatic carbocycles. The third-order valence-electron chi connectivity index (χ3n) is 5.69. The lowest BCUT2D eigenvalue weighted by Gasteiger charge is -2.13. The van der Waals surface area contributed by atoms with Crippen LogP contribution in [-0.4, -0.2) is 27.5 Å². The lowest BCUT2D eigenvalue weighted by molar-refractivity contribution is 0.0911. The zero-order valence-electron chi connectivity index (χ0n) is 17.7. The zero-order valence-corrected chi connectivity index (χ0v) is 17.7. The fourth-order valence-corrected chi connectivity index (χ4v) is 3.96. The van der Waals surface area contributed by atoms with Crippen LogP contribution in [0.5, 0.6) is 0 Å². The van der Waals surface area contributed by atoms with Crippen molar-refractivity contribution in [3.8, 4) is 11.3 Å². The van der Waals surface area contributed by atoms with Gasteiger partial charge in [0.15, 0.2) is 0 Å². The number of pyridine rings is 1. The number of rotatable bonds is 5. The van der Waals surface area contributed by atoms with Gasteiger partial charge < -0.3 is 15.4 Å². The second-order valence-corrected chi connectivity index (χ2v) is 7.95. The van der Waals surface area contributed by atoms with E-state index in [1.54, 1.807) is 0 Å². The third-order valence-corrected chi connectivity index (χ3v) is 5.69. The van der Waals surface area contributed by atoms with Crippen LogP contribution in [0.25, 0.3) is 33.1 Å². The van der Waals surface area contributed by atoms with Crippen LogP contribution < -0.4 is 5.32 Å². The van der Waals surface area contributed by atoms with Crippen LogP contribution in [0.4, 0.5) is 0 Å². The summed E-state index contributed by atoms with van der Waals surface area (Å²) in [5.74, 6) is -0.319. The number of fused-ring (bicyclic) bond motifs is 3. The van der Waals surface area contributed by atoms with Crippen molar-refractivity contribution in [1.82, 2.24) is 15.3 Å². The molecule has 0 saturated carbocycles. The number of aliphatic hydroxyl groups is 1. The molecule has 1 atom stereocenters. The predicted octanol–water partition coefficient (Wildman–Crippen LogP) is 5.15. The lowest BCUT2D eigenvalue weighted by atomic mass is 10.0. The number of carbonyl (C=O) groups excluding carboxylic acids is 1. The maximum atomic E-state index is 13.0. The van der Waals surface area contributed by atoms with Crippen LogP contribution in [-0.2, 0) is 0 Å². The average Bonchev–Trinajstić information content (AvgIpc) is 3.21. The quantitative estimate of drug-likeness (QED) is 0.367. The van der Waals surface area contributed by atoms with Gasteiger partial charge in [-0.2, -0.15) is 0 Å². The van der Waals surface area contributed by atoms with Crippen LogP contribution in [0.15, 0.2) is 84.9 Å². The number of nitrogens with zero attached hydrogens (tertiary/aromatic N) is 1. The predicted molar refractivity (Wildman–Crippen MR) is 128 cm³/mol. The van der Waals surface area contributed by atoms with Crippen molar-refractivity contribution >= 4 is 27.7 Å². The number of hydrogen-bond acceptors (Lipinski definition) is 3. The highest BCUT2D eigenvalue weighted by molar-refractivity contribution is 6.13. The summed E-state index contributed by atoms with van der Waals surface area (Å²) in [5.41, 5.74) is 5.79. The molecule has 0 saturated heterocycles. The molecule has 2 aromatic heterocycles. The first-order chi connectivity index (χ1) is 15.6. The Morgan fingerprint density at radius 3 is 2.47 bits per heavy atom.